The molecule has 0 radical (unpaired) electrons. The second-order valence-corrected chi connectivity index (χ2v) is 4.81. The van der Waals surface area contributed by atoms with E-state index in [9.17, 15) is 18.0 Å². The van der Waals surface area contributed by atoms with E-state index in [-0.39, 0.29) is 6.54 Å². The third-order valence-corrected chi connectivity index (χ3v) is 3.09. The summed E-state index contributed by atoms with van der Waals surface area (Å²) in [5, 5.41) is 13.7. The van der Waals surface area contributed by atoms with Crippen molar-refractivity contribution >= 4 is 17.3 Å². The van der Waals surface area contributed by atoms with Crippen molar-refractivity contribution in [2.75, 3.05) is 13.1 Å². The number of carbonyl (C=O) groups is 1. The number of nitrogens with zero attached hydrogens (tertiary/aromatic N) is 1. The number of hydrogen-bond donors (Lipinski definition) is 2. The van der Waals surface area contributed by atoms with Gasteiger partial charge in [-0.25, -0.2) is 4.98 Å². The van der Waals surface area contributed by atoms with Crippen LogP contribution in [-0.4, -0.2) is 35.3 Å². The Balaban J connectivity index is 2.34. The molecule has 0 saturated heterocycles. The number of halogens is 3. The van der Waals surface area contributed by atoms with Gasteiger partial charge in [0, 0.05) is 24.9 Å². The summed E-state index contributed by atoms with van der Waals surface area (Å²) in [6.45, 7) is 1.48. The predicted molar refractivity (Wildman–Crippen MR) is 60.6 cm³/mol. The first-order valence-corrected chi connectivity index (χ1v) is 6.10. The maximum absolute atomic E-state index is 12.3. The summed E-state index contributed by atoms with van der Waals surface area (Å²) in [7, 11) is 0. The first-order chi connectivity index (χ1) is 8.30. The van der Waals surface area contributed by atoms with Crippen molar-refractivity contribution in [1.82, 2.24) is 10.3 Å². The van der Waals surface area contributed by atoms with E-state index in [2.05, 4.69) is 10.3 Å². The Hall–Kier alpha value is -1.15. The van der Waals surface area contributed by atoms with Crippen molar-refractivity contribution in [2.24, 2.45) is 5.92 Å². The molecule has 0 amide bonds. The number of carboxylic acid groups (broad SMARTS) is 1. The number of hydrogen-bond acceptors (Lipinski definition) is 4. The van der Waals surface area contributed by atoms with Crippen LogP contribution in [0.25, 0.3) is 0 Å². The van der Waals surface area contributed by atoms with Crippen molar-refractivity contribution in [1.29, 1.82) is 0 Å². The quantitative estimate of drug-likeness (QED) is 0.782. The highest BCUT2D eigenvalue weighted by Gasteiger charge is 2.44. The van der Waals surface area contributed by atoms with Gasteiger partial charge < -0.3 is 10.4 Å². The molecule has 0 aliphatic carbocycles. The summed E-state index contributed by atoms with van der Waals surface area (Å²) in [6, 6.07) is 0. The molecule has 102 valence electrons. The SMILES string of the molecule is Cc1nc(CCNCC(C(=O)O)C(F)(F)F)cs1. The number of aromatic nitrogens is 1. The normalized spacial score (nSPS) is 13.6. The Kier molecular flexibility index (Phi) is 5.09. The smallest absolute Gasteiger partial charge is 0.403 e. The number of aliphatic carboxylic acids is 1. The van der Waals surface area contributed by atoms with Gasteiger partial charge in [0.1, 0.15) is 0 Å². The number of carboxylic acids is 1. The summed E-state index contributed by atoms with van der Waals surface area (Å²) >= 11 is 1.46. The molecule has 1 aromatic rings. The van der Waals surface area contributed by atoms with Gasteiger partial charge >= 0.3 is 12.1 Å². The van der Waals surface area contributed by atoms with Crippen LogP contribution >= 0.6 is 11.3 Å². The third kappa shape index (κ3) is 4.61. The Morgan fingerprint density at radius 2 is 2.28 bits per heavy atom. The first-order valence-electron chi connectivity index (χ1n) is 5.22. The van der Waals surface area contributed by atoms with E-state index in [4.69, 9.17) is 5.11 Å². The lowest BCUT2D eigenvalue weighted by atomic mass is 10.1. The van der Waals surface area contributed by atoms with Gasteiger partial charge in [0.2, 0.25) is 0 Å². The summed E-state index contributed by atoms with van der Waals surface area (Å²) < 4.78 is 36.9. The number of rotatable bonds is 6. The van der Waals surface area contributed by atoms with Gasteiger partial charge in [0.15, 0.2) is 5.92 Å². The molecule has 0 aliphatic heterocycles. The fourth-order valence-corrected chi connectivity index (χ4v) is 1.98. The lowest BCUT2D eigenvalue weighted by molar-refractivity contribution is -0.192. The van der Waals surface area contributed by atoms with E-state index in [1.54, 1.807) is 0 Å². The lowest BCUT2D eigenvalue weighted by Gasteiger charge is -2.16. The molecule has 0 aliphatic rings. The molecule has 2 N–H and O–H groups in total. The molecule has 1 atom stereocenters. The number of nitrogens with one attached hydrogen (secondary N) is 1. The molecule has 1 heterocycles. The van der Waals surface area contributed by atoms with Crippen LogP contribution in [-0.2, 0) is 11.2 Å². The Morgan fingerprint density at radius 3 is 2.72 bits per heavy atom. The van der Waals surface area contributed by atoms with E-state index in [0.717, 1.165) is 10.7 Å². The van der Waals surface area contributed by atoms with Gasteiger partial charge in [-0.15, -0.1) is 11.3 Å². The minimum atomic E-state index is -4.73. The molecular formula is C10H13F3N2O2S. The monoisotopic (exact) mass is 282 g/mol. The zero-order valence-electron chi connectivity index (χ0n) is 9.62. The molecular weight excluding hydrogens is 269 g/mol. The largest absolute Gasteiger partial charge is 0.481 e. The molecule has 8 heteroatoms. The molecule has 1 unspecified atom stereocenters. The van der Waals surface area contributed by atoms with E-state index < -0.39 is 24.6 Å². The Bertz CT molecular complexity index is 406. The minimum absolute atomic E-state index is 0.267. The zero-order chi connectivity index (χ0) is 13.8. The van der Waals surface area contributed by atoms with Crippen molar-refractivity contribution in [3.63, 3.8) is 0 Å². The van der Waals surface area contributed by atoms with Crippen LogP contribution in [0.5, 0.6) is 0 Å². The highest BCUT2D eigenvalue weighted by molar-refractivity contribution is 7.09. The zero-order valence-corrected chi connectivity index (χ0v) is 10.4. The Labute approximate surface area is 106 Å². The average molecular weight is 282 g/mol. The number of aryl methyl sites for hydroxylation is 1. The summed E-state index contributed by atoms with van der Waals surface area (Å²) in [6.07, 6.45) is -4.25. The number of alkyl halides is 3. The molecule has 0 fully saturated rings. The second kappa shape index (κ2) is 6.14. The van der Waals surface area contributed by atoms with E-state index in [1.165, 1.54) is 11.3 Å². The fourth-order valence-electron chi connectivity index (χ4n) is 1.33. The minimum Gasteiger partial charge on any atom is -0.481 e. The topological polar surface area (TPSA) is 62.2 Å². The maximum atomic E-state index is 12.3. The molecule has 0 aromatic carbocycles. The van der Waals surface area contributed by atoms with E-state index in [0.29, 0.717) is 6.42 Å². The summed E-state index contributed by atoms with van der Waals surface area (Å²) in [5.41, 5.74) is 0.795. The van der Waals surface area contributed by atoms with Crippen molar-refractivity contribution in [3.05, 3.63) is 16.1 Å². The van der Waals surface area contributed by atoms with E-state index >= 15 is 0 Å². The molecule has 0 saturated carbocycles. The third-order valence-electron chi connectivity index (χ3n) is 2.27. The maximum Gasteiger partial charge on any atom is 0.403 e. The van der Waals surface area contributed by atoms with Gasteiger partial charge in [-0.05, 0) is 6.92 Å². The first kappa shape index (κ1) is 14.9. The van der Waals surface area contributed by atoms with E-state index in [1.807, 2.05) is 12.3 Å². The van der Waals surface area contributed by atoms with Gasteiger partial charge in [-0.3, -0.25) is 4.79 Å². The second-order valence-electron chi connectivity index (χ2n) is 3.74. The average Bonchev–Trinajstić information content (AvgIpc) is 2.61. The predicted octanol–water partition coefficient (Wildman–Crippen LogP) is 1.85. The van der Waals surface area contributed by atoms with Gasteiger partial charge in [-0.1, -0.05) is 0 Å². The fraction of sp³-hybridized carbons (Fsp3) is 0.600. The van der Waals surface area contributed by atoms with Crippen LogP contribution in [0, 0.1) is 12.8 Å². The van der Waals surface area contributed by atoms with Crippen LogP contribution in [0.3, 0.4) is 0 Å². The van der Waals surface area contributed by atoms with Crippen LogP contribution in [0.1, 0.15) is 10.7 Å². The molecule has 1 rings (SSSR count). The highest BCUT2D eigenvalue weighted by Crippen LogP contribution is 2.25. The standard InChI is InChI=1S/C10H13F3N2O2S/c1-6-15-7(5-18-6)2-3-14-4-8(9(16)17)10(11,12)13/h5,8,14H,2-4H2,1H3,(H,16,17). The van der Waals surface area contributed by atoms with Crippen LogP contribution in [0.4, 0.5) is 13.2 Å². The summed E-state index contributed by atoms with van der Waals surface area (Å²) in [4.78, 5) is 14.6. The molecule has 1 aromatic heterocycles. The molecule has 4 nitrogen and oxygen atoms in total. The van der Waals surface area contributed by atoms with Gasteiger partial charge in [0.25, 0.3) is 0 Å². The molecule has 18 heavy (non-hydrogen) atoms. The number of thiazole rings is 1. The van der Waals surface area contributed by atoms with Crippen LogP contribution < -0.4 is 5.32 Å². The van der Waals surface area contributed by atoms with Crippen LogP contribution in [0.15, 0.2) is 5.38 Å². The highest BCUT2D eigenvalue weighted by atomic mass is 32.1. The Morgan fingerprint density at radius 1 is 1.61 bits per heavy atom. The molecule has 0 spiro atoms. The summed E-state index contributed by atoms with van der Waals surface area (Å²) in [5.74, 6) is -4.23. The van der Waals surface area contributed by atoms with Crippen molar-refractivity contribution in [3.8, 4) is 0 Å². The van der Waals surface area contributed by atoms with Gasteiger partial charge in [0.05, 0.1) is 10.7 Å². The van der Waals surface area contributed by atoms with Crippen molar-refractivity contribution < 1.29 is 23.1 Å². The van der Waals surface area contributed by atoms with Crippen LogP contribution in [0.2, 0.25) is 0 Å². The molecule has 0 bridgehead atoms. The lowest BCUT2D eigenvalue weighted by Crippen LogP contribution is -2.39. The van der Waals surface area contributed by atoms with Gasteiger partial charge in [-0.2, -0.15) is 13.2 Å². The van der Waals surface area contributed by atoms with Crippen molar-refractivity contribution in [2.45, 2.75) is 19.5 Å².